The number of aromatic amines is 1. The zero-order chi connectivity index (χ0) is 24.8. The Bertz CT molecular complexity index is 796. The Hall–Kier alpha value is -1.52. The van der Waals surface area contributed by atoms with Crippen molar-refractivity contribution < 1.29 is 24.8 Å². The molecule has 1 fully saturated rings. The van der Waals surface area contributed by atoms with E-state index in [1.165, 1.54) is 70.4 Å². The fourth-order valence-electron chi connectivity index (χ4n) is 4.46. The quantitative estimate of drug-likeness (QED) is 0.186. The van der Waals surface area contributed by atoms with Crippen molar-refractivity contribution in [1.82, 2.24) is 9.55 Å². The Kier molecular flexibility index (Phi) is 13.1. The minimum atomic E-state index is -2.22. The van der Waals surface area contributed by atoms with Crippen LogP contribution in [0.25, 0.3) is 0 Å². The largest absolute Gasteiger partial charge is 0.394 e. The van der Waals surface area contributed by atoms with Crippen molar-refractivity contribution in [2.75, 3.05) is 13.2 Å². The predicted molar refractivity (Wildman–Crippen MR) is 130 cm³/mol. The number of hydrogen-bond donors (Lipinski definition) is 4. The van der Waals surface area contributed by atoms with Gasteiger partial charge in [-0.2, -0.15) is 0 Å². The van der Waals surface area contributed by atoms with Gasteiger partial charge in [0.1, 0.15) is 12.2 Å². The summed E-state index contributed by atoms with van der Waals surface area (Å²) in [5, 5.41) is 30.9. The van der Waals surface area contributed by atoms with Crippen LogP contribution in [0.4, 0.5) is 0 Å². The zero-order valence-electron chi connectivity index (χ0n) is 20.6. The number of hydrogen-bond acceptors (Lipinski definition) is 7. The molecule has 2 heterocycles. The van der Waals surface area contributed by atoms with Crippen molar-refractivity contribution in [3.05, 3.63) is 33.1 Å². The van der Waals surface area contributed by atoms with Crippen LogP contribution in [-0.2, 0) is 9.47 Å². The van der Waals surface area contributed by atoms with Crippen LogP contribution in [0.2, 0.25) is 0 Å². The lowest BCUT2D eigenvalue weighted by atomic mass is 10.0. The van der Waals surface area contributed by atoms with Crippen molar-refractivity contribution in [2.45, 2.75) is 121 Å². The van der Waals surface area contributed by atoms with E-state index < -0.39 is 42.1 Å². The maximum Gasteiger partial charge on any atom is 0.330 e. The van der Waals surface area contributed by atoms with Crippen molar-refractivity contribution >= 4 is 0 Å². The number of aromatic nitrogens is 2. The lowest BCUT2D eigenvalue weighted by molar-refractivity contribution is -0.278. The van der Waals surface area contributed by atoms with Gasteiger partial charge in [-0.15, -0.1) is 0 Å². The molecule has 4 N–H and O–H groups in total. The number of ether oxygens (including phenoxy) is 2. The first-order chi connectivity index (χ1) is 16.4. The molecule has 4 atom stereocenters. The first-order valence-electron chi connectivity index (χ1n) is 13.1. The van der Waals surface area contributed by atoms with Crippen LogP contribution in [0.3, 0.4) is 0 Å². The van der Waals surface area contributed by atoms with Crippen LogP contribution in [-0.4, -0.2) is 56.1 Å². The molecule has 0 saturated carbocycles. The highest BCUT2D eigenvalue weighted by molar-refractivity contribution is 4.98. The Labute approximate surface area is 202 Å². The van der Waals surface area contributed by atoms with Crippen LogP contribution < -0.4 is 11.2 Å². The fraction of sp³-hybridized carbons (Fsp3) is 0.840. The zero-order valence-corrected chi connectivity index (χ0v) is 20.6. The molecule has 1 aromatic rings. The van der Waals surface area contributed by atoms with Crippen LogP contribution >= 0.6 is 0 Å². The molecule has 0 aromatic carbocycles. The first-order valence-corrected chi connectivity index (χ1v) is 13.1. The van der Waals surface area contributed by atoms with E-state index >= 15 is 0 Å². The molecule has 1 aromatic heterocycles. The molecular formula is C25H44N2O7. The van der Waals surface area contributed by atoms with Gasteiger partial charge >= 0.3 is 5.69 Å². The molecule has 1 saturated heterocycles. The summed E-state index contributed by atoms with van der Waals surface area (Å²) in [5.41, 5.74) is -1.40. The van der Waals surface area contributed by atoms with Gasteiger partial charge in [-0.25, -0.2) is 4.79 Å². The molecule has 9 heteroatoms. The van der Waals surface area contributed by atoms with E-state index in [0.29, 0.717) is 6.42 Å². The maximum atomic E-state index is 12.1. The number of unbranched alkanes of at least 4 members (excludes halogenated alkanes) is 13. The number of nitrogens with zero attached hydrogens (tertiary/aromatic N) is 1. The van der Waals surface area contributed by atoms with Crippen molar-refractivity contribution in [2.24, 2.45) is 0 Å². The standard InChI is InChI=1S/C25H44N2O7/c1-2-3-4-5-6-7-8-9-10-11-12-13-14-15-18-33-25(32)22(30)20(19-28)34-23(25)27-17-16-21(29)26-24(27)31/h16-17,20,22-23,28,30,32H,2-15,18-19H2,1H3,(H,26,29,31)/t20-,22-,23-,25+/m1/s1. The molecule has 0 unspecified atom stereocenters. The van der Waals surface area contributed by atoms with Gasteiger partial charge in [0, 0.05) is 12.3 Å². The van der Waals surface area contributed by atoms with Crippen molar-refractivity contribution in [1.29, 1.82) is 0 Å². The molecule has 0 bridgehead atoms. The summed E-state index contributed by atoms with van der Waals surface area (Å²) in [4.78, 5) is 25.6. The second-order valence-electron chi connectivity index (χ2n) is 9.37. The molecule has 2 rings (SSSR count). The van der Waals surface area contributed by atoms with Crippen LogP contribution in [0.1, 0.15) is 103 Å². The van der Waals surface area contributed by atoms with Crippen molar-refractivity contribution in [3.8, 4) is 0 Å². The van der Waals surface area contributed by atoms with Gasteiger partial charge < -0.3 is 24.8 Å². The highest BCUT2D eigenvalue weighted by atomic mass is 16.7. The Morgan fingerprint density at radius 1 is 0.971 bits per heavy atom. The highest BCUT2D eigenvalue weighted by Gasteiger charge is 2.57. The molecule has 196 valence electrons. The monoisotopic (exact) mass is 484 g/mol. The maximum absolute atomic E-state index is 12.1. The topological polar surface area (TPSA) is 134 Å². The second kappa shape index (κ2) is 15.5. The van der Waals surface area contributed by atoms with Crippen LogP contribution in [0, 0.1) is 0 Å². The fourth-order valence-corrected chi connectivity index (χ4v) is 4.46. The number of H-pyrrole nitrogens is 1. The van der Waals surface area contributed by atoms with Crippen LogP contribution in [0.15, 0.2) is 21.9 Å². The molecule has 1 aliphatic heterocycles. The van der Waals surface area contributed by atoms with Gasteiger partial charge in [0.15, 0.2) is 6.23 Å². The summed E-state index contributed by atoms with van der Waals surface area (Å²) in [6.07, 6.45) is 14.2. The third kappa shape index (κ3) is 8.61. The van der Waals surface area contributed by atoms with Crippen molar-refractivity contribution in [3.63, 3.8) is 0 Å². The number of aliphatic hydroxyl groups excluding tert-OH is 2. The Morgan fingerprint density at radius 2 is 1.50 bits per heavy atom. The summed E-state index contributed by atoms with van der Waals surface area (Å²) in [5.74, 6) is -2.22. The Balaban J connectivity index is 1.65. The third-order valence-electron chi connectivity index (χ3n) is 6.55. The lowest BCUT2D eigenvalue weighted by Gasteiger charge is -2.31. The molecule has 9 nitrogen and oxygen atoms in total. The van der Waals surface area contributed by atoms with E-state index in [9.17, 15) is 24.9 Å². The molecule has 34 heavy (non-hydrogen) atoms. The number of aliphatic hydroxyl groups is 3. The predicted octanol–water partition coefficient (Wildman–Crippen LogP) is 2.97. The van der Waals surface area contributed by atoms with Gasteiger partial charge in [-0.3, -0.25) is 14.3 Å². The Morgan fingerprint density at radius 3 is 2.00 bits per heavy atom. The number of nitrogens with one attached hydrogen (secondary N) is 1. The highest BCUT2D eigenvalue weighted by Crippen LogP contribution is 2.38. The van der Waals surface area contributed by atoms with E-state index in [2.05, 4.69) is 11.9 Å². The summed E-state index contributed by atoms with van der Waals surface area (Å²) < 4.78 is 12.0. The lowest BCUT2D eigenvalue weighted by Crippen LogP contribution is -2.51. The summed E-state index contributed by atoms with van der Waals surface area (Å²) >= 11 is 0. The molecule has 0 amide bonds. The molecular weight excluding hydrogens is 440 g/mol. The van der Waals surface area contributed by atoms with Crippen LogP contribution in [0.5, 0.6) is 0 Å². The summed E-state index contributed by atoms with van der Waals surface area (Å²) in [6.45, 7) is 1.86. The minimum absolute atomic E-state index is 0.168. The smallest absolute Gasteiger partial charge is 0.330 e. The van der Waals surface area contributed by atoms with Gasteiger partial charge in [-0.1, -0.05) is 90.4 Å². The van der Waals surface area contributed by atoms with Gasteiger partial charge in [0.25, 0.3) is 5.56 Å². The van der Waals surface area contributed by atoms with Gasteiger partial charge in [0.2, 0.25) is 5.79 Å². The van der Waals surface area contributed by atoms with E-state index in [4.69, 9.17) is 9.47 Å². The molecule has 1 aliphatic rings. The average molecular weight is 485 g/mol. The summed E-state index contributed by atoms with van der Waals surface area (Å²) in [7, 11) is 0. The van der Waals surface area contributed by atoms with E-state index in [1.54, 1.807) is 0 Å². The molecule has 0 radical (unpaired) electrons. The third-order valence-corrected chi connectivity index (χ3v) is 6.55. The molecule has 0 spiro atoms. The van der Waals surface area contributed by atoms with Gasteiger partial charge in [0.05, 0.1) is 13.2 Å². The van der Waals surface area contributed by atoms with E-state index in [1.807, 2.05) is 0 Å². The van der Waals surface area contributed by atoms with E-state index in [-0.39, 0.29) is 6.61 Å². The SMILES string of the molecule is CCCCCCCCCCCCCCCCO[C@@]1(O)[C@H](O)[C@@H](CO)O[C@H]1n1ccc(=O)[nH]c1=O. The number of rotatable bonds is 18. The average Bonchev–Trinajstić information content (AvgIpc) is 3.06. The first kappa shape index (κ1) is 28.7. The van der Waals surface area contributed by atoms with Gasteiger partial charge in [-0.05, 0) is 6.42 Å². The molecule has 0 aliphatic carbocycles. The second-order valence-corrected chi connectivity index (χ2v) is 9.37. The summed E-state index contributed by atoms with van der Waals surface area (Å²) in [6, 6.07) is 1.11. The minimum Gasteiger partial charge on any atom is -0.394 e. The normalized spacial score (nSPS) is 24.6. The van der Waals surface area contributed by atoms with E-state index in [0.717, 1.165) is 29.9 Å².